The number of halogens is 1. The smallest absolute Gasteiger partial charge is 0.227 e. The zero-order valence-corrected chi connectivity index (χ0v) is 12.3. The van der Waals surface area contributed by atoms with E-state index in [1.807, 2.05) is 12.1 Å². The maximum Gasteiger partial charge on any atom is 0.227 e. The molecule has 106 valence electrons. The van der Waals surface area contributed by atoms with Crippen LogP contribution in [0.3, 0.4) is 0 Å². The van der Waals surface area contributed by atoms with E-state index in [2.05, 4.69) is 26.0 Å². The van der Waals surface area contributed by atoms with Crippen LogP contribution in [0.1, 0.15) is 36.7 Å². The van der Waals surface area contributed by atoms with Crippen LogP contribution in [0, 0.1) is 0 Å². The minimum atomic E-state index is -0.217. The van der Waals surface area contributed by atoms with E-state index in [1.165, 1.54) is 17.9 Å². The fourth-order valence-electron chi connectivity index (χ4n) is 1.77. The van der Waals surface area contributed by atoms with E-state index >= 15 is 0 Å². The molecule has 0 aliphatic rings. The topological polar surface area (TPSA) is 39.4 Å². The molecular weight excluding hydrogens is 276 g/mol. The van der Waals surface area contributed by atoms with Gasteiger partial charge in [-0.1, -0.05) is 38.1 Å². The Morgan fingerprint density at radius 3 is 2.50 bits per heavy atom. The van der Waals surface area contributed by atoms with Gasteiger partial charge in [0.05, 0.1) is 5.88 Å². The lowest BCUT2D eigenvalue weighted by molar-refractivity contribution is 0.290. The summed E-state index contributed by atoms with van der Waals surface area (Å²) in [4.78, 5) is 11.7. The van der Waals surface area contributed by atoms with E-state index < -0.39 is 0 Å². The Balaban J connectivity index is 2.03. The number of ether oxygens (including phenoxy) is 1. The summed E-state index contributed by atoms with van der Waals surface area (Å²) >= 11 is 5.59. The number of alkyl halides is 1. The molecule has 2 rings (SSSR count). The van der Waals surface area contributed by atoms with Crippen molar-refractivity contribution in [1.29, 1.82) is 0 Å². The fraction of sp³-hybridized carbons (Fsp3) is 0.312. The molecule has 1 heterocycles. The molecule has 0 aliphatic heterocycles. The van der Waals surface area contributed by atoms with Crippen LogP contribution in [0.15, 0.2) is 45.8 Å². The first-order valence-electron chi connectivity index (χ1n) is 6.49. The maximum atomic E-state index is 11.7. The van der Waals surface area contributed by atoms with Gasteiger partial charge in [-0.05, 0) is 17.0 Å². The van der Waals surface area contributed by atoms with Crippen molar-refractivity contribution in [1.82, 2.24) is 0 Å². The highest BCUT2D eigenvalue weighted by molar-refractivity contribution is 6.16. The fourth-order valence-corrected chi connectivity index (χ4v) is 1.91. The van der Waals surface area contributed by atoms with Crippen molar-refractivity contribution in [2.24, 2.45) is 0 Å². The molecule has 0 aliphatic carbocycles. The predicted molar refractivity (Wildman–Crippen MR) is 79.4 cm³/mol. The second kappa shape index (κ2) is 6.62. The van der Waals surface area contributed by atoms with Crippen LogP contribution in [0.4, 0.5) is 0 Å². The van der Waals surface area contributed by atoms with Crippen LogP contribution >= 0.6 is 11.6 Å². The van der Waals surface area contributed by atoms with E-state index in [1.54, 1.807) is 0 Å². The Morgan fingerprint density at radius 1 is 1.25 bits per heavy atom. The highest BCUT2D eigenvalue weighted by Gasteiger charge is 2.05. The molecule has 0 saturated carbocycles. The van der Waals surface area contributed by atoms with Crippen LogP contribution in [0.5, 0.6) is 5.75 Å². The summed E-state index contributed by atoms with van der Waals surface area (Å²) in [6.07, 6.45) is 1.31. The largest absolute Gasteiger partial charge is 0.482 e. The van der Waals surface area contributed by atoms with Gasteiger partial charge in [0.25, 0.3) is 0 Å². The minimum absolute atomic E-state index is 0.173. The highest BCUT2D eigenvalue weighted by Crippen LogP contribution is 2.16. The molecule has 0 saturated heterocycles. The van der Waals surface area contributed by atoms with Gasteiger partial charge in [0.2, 0.25) is 11.2 Å². The Labute approximate surface area is 123 Å². The van der Waals surface area contributed by atoms with Crippen molar-refractivity contribution < 1.29 is 9.15 Å². The summed E-state index contributed by atoms with van der Waals surface area (Å²) < 4.78 is 10.6. The van der Waals surface area contributed by atoms with Gasteiger partial charge in [0, 0.05) is 6.07 Å². The maximum absolute atomic E-state index is 11.7. The Hall–Kier alpha value is -1.74. The second-order valence-electron chi connectivity index (χ2n) is 4.89. The third kappa shape index (κ3) is 3.64. The van der Waals surface area contributed by atoms with E-state index in [0.29, 0.717) is 18.3 Å². The third-order valence-electron chi connectivity index (χ3n) is 3.02. The van der Waals surface area contributed by atoms with E-state index in [4.69, 9.17) is 20.8 Å². The van der Waals surface area contributed by atoms with Crippen LogP contribution in [0.2, 0.25) is 0 Å². The molecule has 0 radical (unpaired) electrons. The first-order valence-corrected chi connectivity index (χ1v) is 7.03. The van der Waals surface area contributed by atoms with E-state index in [9.17, 15) is 4.79 Å². The van der Waals surface area contributed by atoms with Crippen LogP contribution in [-0.4, -0.2) is 0 Å². The number of benzene rings is 1. The molecule has 1 aromatic carbocycles. The van der Waals surface area contributed by atoms with Gasteiger partial charge in [-0.3, -0.25) is 4.79 Å². The van der Waals surface area contributed by atoms with Gasteiger partial charge in [-0.2, -0.15) is 0 Å². The van der Waals surface area contributed by atoms with Gasteiger partial charge >= 0.3 is 0 Å². The molecule has 0 atom stereocenters. The minimum Gasteiger partial charge on any atom is -0.482 e. The summed E-state index contributed by atoms with van der Waals surface area (Å²) in [7, 11) is 0. The number of hydrogen-bond acceptors (Lipinski definition) is 3. The summed E-state index contributed by atoms with van der Waals surface area (Å²) in [6.45, 7) is 4.63. The van der Waals surface area contributed by atoms with Crippen LogP contribution in [-0.2, 0) is 12.5 Å². The SMILES string of the molecule is CC(C)c1ccc(COc2coc(CCl)cc2=O)cc1. The van der Waals surface area contributed by atoms with Crippen molar-refractivity contribution in [3.63, 3.8) is 0 Å². The lowest BCUT2D eigenvalue weighted by Crippen LogP contribution is -2.07. The van der Waals surface area contributed by atoms with Crippen molar-refractivity contribution in [2.45, 2.75) is 32.3 Å². The standard InChI is InChI=1S/C16H17ClO3/c1-11(2)13-5-3-12(4-6-13)9-20-16-10-19-14(8-17)7-15(16)18/h3-7,10-11H,8-9H2,1-2H3. The second-order valence-corrected chi connectivity index (χ2v) is 5.16. The summed E-state index contributed by atoms with van der Waals surface area (Å²) in [5.41, 5.74) is 2.07. The lowest BCUT2D eigenvalue weighted by Gasteiger charge is -2.08. The molecule has 1 aromatic heterocycles. The van der Waals surface area contributed by atoms with Crippen molar-refractivity contribution in [3.05, 3.63) is 63.7 Å². The molecule has 0 N–H and O–H groups in total. The summed E-state index contributed by atoms with van der Waals surface area (Å²) in [6, 6.07) is 9.50. The van der Waals surface area contributed by atoms with Crippen molar-refractivity contribution in [2.75, 3.05) is 0 Å². The Kier molecular flexibility index (Phi) is 4.85. The van der Waals surface area contributed by atoms with Gasteiger partial charge in [-0.15, -0.1) is 11.6 Å². The average Bonchev–Trinajstić information content (AvgIpc) is 2.46. The van der Waals surface area contributed by atoms with Gasteiger partial charge < -0.3 is 9.15 Å². The average molecular weight is 293 g/mol. The van der Waals surface area contributed by atoms with Crippen LogP contribution < -0.4 is 10.2 Å². The molecule has 0 spiro atoms. The first kappa shape index (κ1) is 14.7. The van der Waals surface area contributed by atoms with Crippen molar-refractivity contribution in [3.8, 4) is 5.75 Å². The molecule has 0 bridgehead atoms. The number of hydrogen-bond donors (Lipinski definition) is 0. The molecule has 0 unspecified atom stereocenters. The third-order valence-corrected chi connectivity index (χ3v) is 3.29. The Bertz CT molecular complexity index is 614. The van der Waals surface area contributed by atoms with Crippen molar-refractivity contribution >= 4 is 11.6 Å². The zero-order valence-electron chi connectivity index (χ0n) is 11.6. The molecular formula is C16H17ClO3. The van der Waals surface area contributed by atoms with E-state index in [0.717, 1.165) is 5.56 Å². The van der Waals surface area contributed by atoms with Gasteiger partial charge in [0.15, 0.2) is 0 Å². The zero-order chi connectivity index (χ0) is 14.5. The van der Waals surface area contributed by atoms with Gasteiger partial charge in [0.1, 0.15) is 18.6 Å². The predicted octanol–water partition coefficient (Wildman–Crippen LogP) is 4.08. The van der Waals surface area contributed by atoms with Crippen LogP contribution in [0.25, 0.3) is 0 Å². The molecule has 4 heteroatoms. The van der Waals surface area contributed by atoms with Gasteiger partial charge in [-0.25, -0.2) is 0 Å². The lowest BCUT2D eigenvalue weighted by atomic mass is 10.0. The van der Waals surface area contributed by atoms with E-state index in [-0.39, 0.29) is 17.1 Å². The summed E-state index contributed by atoms with van der Waals surface area (Å²) in [5, 5.41) is 0. The molecule has 2 aromatic rings. The number of rotatable bonds is 5. The Morgan fingerprint density at radius 2 is 1.95 bits per heavy atom. The summed E-state index contributed by atoms with van der Waals surface area (Å²) in [5.74, 6) is 1.31. The quantitative estimate of drug-likeness (QED) is 0.780. The molecule has 3 nitrogen and oxygen atoms in total. The molecule has 0 fully saturated rings. The molecule has 0 amide bonds. The highest BCUT2D eigenvalue weighted by atomic mass is 35.5. The first-order chi connectivity index (χ1) is 9.60. The monoisotopic (exact) mass is 292 g/mol. The normalized spacial score (nSPS) is 10.8. The molecule has 20 heavy (non-hydrogen) atoms.